The van der Waals surface area contributed by atoms with Gasteiger partial charge in [-0.1, -0.05) is 98.8 Å². The highest BCUT2D eigenvalue weighted by atomic mass is 16.1. The van der Waals surface area contributed by atoms with Gasteiger partial charge < -0.3 is 0 Å². The monoisotopic (exact) mass is 442 g/mol. The molecule has 0 spiro atoms. The zero-order valence-corrected chi connectivity index (χ0v) is 19.5. The zero-order valence-electron chi connectivity index (χ0n) is 19.5. The Morgan fingerprint density at radius 3 is 1.29 bits per heavy atom. The van der Waals surface area contributed by atoms with Gasteiger partial charge in [0.2, 0.25) is 0 Å². The number of hydrogen-bond donors (Lipinski definition) is 0. The average Bonchev–Trinajstić information content (AvgIpc) is 2.89. The van der Waals surface area contributed by atoms with Crippen molar-refractivity contribution in [1.82, 2.24) is 0 Å². The maximum absolute atomic E-state index is 13.5. The third-order valence-corrected chi connectivity index (χ3v) is 7.62. The summed E-state index contributed by atoms with van der Waals surface area (Å²) in [6.07, 6.45) is 1.82. The van der Waals surface area contributed by atoms with Gasteiger partial charge in [-0.3, -0.25) is 9.59 Å². The molecule has 2 atom stereocenters. The maximum atomic E-state index is 13.5. The van der Waals surface area contributed by atoms with E-state index in [1.54, 1.807) is 0 Å². The average molecular weight is 443 g/mol. The summed E-state index contributed by atoms with van der Waals surface area (Å²) in [4.78, 5) is 27.1. The molecule has 2 nitrogen and oxygen atoms in total. The third-order valence-electron chi connectivity index (χ3n) is 7.62. The molecule has 0 bridgehead atoms. The van der Waals surface area contributed by atoms with Crippen LogP contribution in [0.15, 0.2) is 84.9 Å². The molecule has 6 rings (SSSR count). The summed E-state index contributed by atoms with van der Waals surface area (Å²) >= 11 is 0. The first-order valence-corrected chi connectivity index (χ1v) is 12.1. The molecule has 0 radical (unpaired) electrons. The van der Waals surface area contributed by atoms with Crippen molar-refractivity contribution in [2.75, 3.05) is 0 Å². The van der Waals surface area contributed by atoms with Crippen LogP contribution in [0.4, 0.5) is 0 Å². The van der Waals surface area contributed by atoms with Gasteiger partial charge in [0.25, 0.3) is 0 Å². The van der Waals surface area contributed by atoms with Crippen molar-refractivity contribution in [3.05, 3.63) is 141 Å². The molecule has 2 aliphatic carbocycles. The molecule has 166 valence electrons. The van der Waals surface area contributed by atoms with Gasteiger partial charge in [0.05, 0.1) is 0 Å². The summed E-state index contributed by atoms with van der Waals surface area (Å²) in [6.45, 7) is 4.29. The Kier molecular flexibility index (Phi) is 4.84. The Balaban J connectivity index is 1.70. The Morgan fingerprint density at radius 2 is 0.882 bits per heavy atom. The van der Waals surface area contributed by atoms with E-state index in [1.807, 2.05) is 48.5 Å². The second-order valence-electron chi connectivity index (χ2n) is 9.34. The van der Waals surface area contributed by atoms with Crippen molar-refractivity contribution >= 4 is 11.6 Å². The Hall–Kier alpha value is -3.78. The Morgan fingerprint density at radius 1 is 0.500 bits per heavy atom. The lowest BCUT2D eigenvalue weighted by molar-refractivity contribution is 0.102. The Labute approximate surface area is 200 Å². The number of ketones is 2. The van der Waals surface area contributed by atoms with Gasteiger partial charge in [0.15, 0.2) is 11.6 Å². The van der Waals surface area contributed by atoms with Gasteiger partial charge in [-0.05, 0) is 46.2 Å². The van der Waals surface area contributed by atoms with E-state index in [0.29, 0.717) is 0 Å². The summed E-state index contributed by atoms with van der Waals surface area (Å²) in [6, 6.07) is 28.6. The first-order chi connectivity index (χ1) is 16.6. The maximum Gasteiger partial charge on any atom is 0.193 e. The van der Waals surface area contributed by atoms with Gasteiger partial charge in [-0.25, -0.2) is 0 Å². The van der Waals surface area contributed by atoms with Crippen molar-refractivity contribution in [1.29, 1.82) is 0 Å². The summed E-state index contributed by atoms with van der Waals surface area (Å²) < 4.78 is 0. The predicted molar refractivity (Wildman–Crippen MR) is 135 cm³/mol. The predicted octanol–water partition coefficient (Wildman–Crippen LogP) is 6.86. The van der Waals surface area contributed by atoms with Crippen molar-refractivity contribution in [2.45, 2.75) is 38.5 Å². The zero-order chi connectivity index (χ0) is 23.4. The second-order valence-corrected chi connectivity index (χ2v) is 9.34. The van der Waals surface area contributed by atoms with Gasteiger partial charge in [-0.2, -0.15) is 0 Å². The van der Waals surface area contributed by atoms with E-state index in [2.05, 4.69) is 50.2 Å². The minimum Gasteiger partial charge on any atom is -0.289 e. The van der Waals surface area contributed by atoms with Gasteiger partial charge in [0.1, 0.15) is 0 Å². The van der Waals surface area contributed by atoms with Crippen LogP contribution in [0.2, 0.25) is 0 Å². The van der Waals surface area contributed by atoms with Crippen molar-refractivity contribution in [2.24, 2.45) is 0 Å². The van der Waals surface area contributed by atoms with Crippen LogP contribution >= 0.6 is 0 Å². The van der Waals surface area contributed by atoms with Crippen molar-refractivity contribution < 1.29 is 9.59 Å². The molecule has 2 heteroatoms. The highest BCUT2D eigenvalue weighted by Crippen LogP contribution is 2.51. The lowest BCUT2D eigenvalue weighted by atomic mass is 9.63. The minimum atomic E-state index is -0.0458. The largest absolute Gasteiger partial charge is 0.289 e. The van der Waals surface area contributed by atoms with E-state index in [4.69, 9.17) is 0 Å². The summed E-state index contributed by atoms with van der Waals surface area (Å²) in [7, 11) is 0. The van der Waals surface area contributed by atoms with E-state index >= 15 is 0 Å². The van der Waals surface area contributed by atoms with E-state index in [0.717, 1.165) is 57.3 Å². The standard InChI is InChI=1S/C32H26O2/c1-3-19-13-15-25-27(17-19)29(21-9-5-7-11-23(21)31(25)33)30-22-10-6-8-12-24(22)32(34)26-16-14-20(4-2)18-28(26)30/h5-18,29-30H,3-4H2,1-2H3. The van der Waals surface area contributed by atoms with Gasteiger partial charge >= 0.3 is 0 Å². The topological polar surface area (TPSA) is 34.1 Å². The van der Waals surface area contributed by atoms with Crippen molar-refractivity contribution in [3.63, 3.8) is 0 Å². The van der Waals surface area contributed by atoms with Crippen LogP contribution < -0.4 is 0 Å². The molecule has 0 amide bonds. The molecule has 0 saturated carbocycles. The molecule has 2 unspecified atom stereocenters. The van der Waals surface area contributed by atoms with Crippen LogP contribution in [0.1, 0.15) is 90.9 Å². The molecule has 0 aliphatic heterocycles. The molecule has 34 heavy (non-hydrogen) atoms. The second kappa shape index (κ2) is 7.92. The fraction of sp³-hybridized carbons (Fsp3) is 0.188. The fourth-order valence-electron chi connectivity index (χ4n) is 5.89. The van der Waals surface area contributed by atoms with Crippen LogP contribution in [-0.4, -0.2) is 11.6 Å². The first-order valence-electron chi connectivity index (χ1n) is 12.1. The third kappa shape index (κ3) is 2.95. The van der Waals surface area contributed by atoms with E-state index in [9.17, 15) is 9.59 Å². The summed E-state index contributed by atoms with van der Waals surface area (Å²) in [5, 5.41) is 0. The molecule has 4 aromatic rings. The lowest BCUT2D eigenvalue weighted by Gasteiger charge is -2.38. The highest BCUT2D eigenvalue weighted by molar-refractivity contribution is 6.14. The quantitative estimate of drug-likeness (QED) is 0.347. The van der Waals surface area contributed by atoms with Gasteiger partial charge in [-0.15, -0.1) is 0 Å². The molecule has 2 aliphatic rings. The number of fused-ring (bicyclic) bond motifs is 4. The molecule has 4 aromatic carbocycles. The van der Waals surface area contributed by atoms with Crippen LogP contribution in [-0.2, 0) is 12.8 Å². The molecule has 0 saturated heterocycles. The normalized spacial score (nSPS) is 18.1. The SMILES string of the molecule is CCc1ccc2c(c1)C(C1c3ccccc3C(=O)c3ccc(CC)cc31)c1ccccc1C2=O. The number of rotatable bonds is 3. The van der Waals surface area contributed by atoms with Crippen LogP contribution in [0.3, 0.4) is 0 Å². The van der Waals surface area contributed by atoms with Crippen LogP contribution in [0.5, 0.6) is 0 Å². The molecule has 0 N–H and O–H groups in total. The minimum absolute atomic E-state index is 0.0458. The lowest BCUT2D eigenvalue weighted by Crippen LogP contribution is -2.29. The first kappa shape index (κ1) is 20.8. The number of carbonyl (C=O) groups excluding carboxylic acids is 2. The molecule has 0 aromatic heterocycles. The van der Waals surface area contributed by atoms with Crippen LogP contribution in [0.25, 0.3) is 0 Å². The van der Waals surface area contributed by atoms with Gasteiger partial charge in [0, 0.05) is 34.1 Å². The number of hydrogen-bond acceptors (Lipinski definition) is 2. The molecular formula is C32H26O2. The van der Waals surface area contributed by atoms with Crippen molar-refractivity contribution in [3.8, 4) is 0 Å². The molecule has 0 heterocycles. The fourth-order valence-corrected chi connectivity index (χ4v) is 5.89. The number of benzene rings is 4. The number of carbonyl (C=O) groups is 2. The molecule has 0 fully saturated rings. The highest BCUT2D eigenvalue weighted by Gasteiger charge is 2.41. The summed E-state index contributed by atoms with van der Waals surface area (Å²) in [5.41, 5.74) is 9.79. The Bertz CT molecular complexity index is 1360. The van der Waals surface area contributed by atoms with E-state index < -0.39 is 0 Å². The number of aryl methyl sites for hydroxylation is 2. The smallest absolute Gasteiger partial charge is 0.193 e. The van der Waals surface area contributed by atoms with E-state index in [1.165, 1.54) is 11.1 Å². The molecular weight excluding hydrogens is 416 g/mol. The van der Waals surface area contributed by atoms with E-state index in [-0.39, 0.29) is 23.4 Å². The summed E-state index contributed by atoms with van der Waals surface area (Å²) in [5.74, 6) is 0.0884. The van der Waals surface area contributed by atoms with Crippen LogP contribution in [0, 0.1) is 0 Å².